The Bertz CT molecular complexity index is 1730. The Morgan fingerprint density at radius 3 is 2.74 bits per heavy atom. The van der Waals surface area contributed by atoms with Gasteiger partial charge in [0.15, 0.2) is 0 Å². The second kappa shape index (κ2) is 8.53. The number of H-pyrrole nitrogens is 1. The number of para-hydroxylation sites is 3. The topological polar surface area (TPSA) is 104 Å². The first-order valence-corrected chi connectivity index (χ1v) is 11.2. The molecule has 9 heteroatoms. The van der Waals surface area contributed by atoms with Crippen LogP contribution in [0, 0.1) is 0 Å². The van der Waals surface area contributed by atoms with E-state index in [-0.39, 0.29) is 11.4 Å². The third-order valence-corrected chi connectivity index (χ3v) is 5.92. The Hall–Kier alpha value is -4.79. The first-order valence-electron chi connectivity index (χ1n) is 11.2. The Morgan fingerprint density at radius 1 is 0.971 bits per heavy atom. The van der Waals surface area contributed by atoms with Crippen LogP contribution in [0.15, 0.2) is 83.7 Å². The molecule has 0 aliphatic rings. The summed E-state index contributed by atoms with van der Waals surface area (Å²) in [7, 11) is 1.99. The molecule has 0 saturated heterocycles. The van der Waals surface area contributed by atoms with Gasteiger partial charge in [-0.2, -0.15) is 4.80 Å². The molecule has 0 saturated carbocycles. The summed E-state index contributed by atoms with van der Waals surface area (Å²) >= 11 is 0. The second-order valence-corrected chi connectivity index (χ2v) is 8.25. The molecule has 0 radical (unpaired) electrons. The van der Waals surface area contributed by atoms with E-state index in [4.69, 9.17) is 4.74 Å². The molecular weight excluding hydrogens is 442 g/mol. The van der Waals surface area contributed by atoms with E-state index in [1.165, 1.54) is 4.80 Å². The highest BCUT2D eigenvalue weighted by Gasteiger charge is 2.12. The number of ether oxygens (including phenoxy) is 1. The number of benzene rings is 3. The molecule has 0 unspecified atom stereocenters. The van der Waals surface area contributed by atoms with Crippen molar-refractivity contribution in [2.45, 2.75) is 13.2 Å². The van der Waals surface area contributed by atoms with Crippen LogP contribution in [0.3, 0.4) is 0 Å². The van der Waals surface area contributed by atoms with E-state index in [1.807, 2.05) is 84.4 Å². The van der Waals surface area contributed by atoms with Crippen molar-refractivity contribution < 1.29 is 4.74 Å². The van der Waals surface area contributed by atoms with Gasteiger partial charge >= 0.3 is 0 Å². The van der Waals surface area contributed by atoms with Gasteiger partial charge in [0.2, 0.25) is 5.82 Å². The van der Waals surface area contributed by atoms with Crippen LogP contribution >= 0.6 is 0 Å². The summed E-state index contributed by atoms with van der Waals surface area (Å²) in [5, 5.41) is 13.6. The number of aromatic amines is 1. The van der Waals surface area contributed by atoms with Gasteiger partial charge in [0.1, 0.15) is 18.2 Å². The van der Waals surface area contributed by atoms with Crippen molar-refractivity contribution >= 4 is 21.9 Å². The number of imidazole rings is 1. The molecule has 0 aliphatic carbocycles. The van der Waals surface area contributed by atoms with E-state index in [0.29, 0.717) is 18.7 Å². The number of nitrogens with one attached hydrogen (secondary N) is 1. The van der Waals surface area contributed by atoms with Crippen LogP contribution in [0.1, 0.15) is 11.4 Å². The van der Waals surface area contributed by atoms with Crippen LogP contribution < -0.4 is 10.3 Å². The Labute approximate surface area is 199 Å². The van der Waals surface area contributed by atoms with E-state index in [9.17, 15) is 4.79 Å². The lowest BCUT2D eigenvalue weighted by molar-refractivity contribution is 0.292. The van der Waals surface area contributed by atoms with Gasteiger partial charge in [-0.3, -0.25) is 4.79 Å². The minimum atomic E-state index is -0.249. The van der Waals surface area contributed by atoms with E-state index in [2.05, 4.69) is 25.4 Å². The molecule has 0 amide bonds. The second-order valence-electron chi connectivity index (χ2n) is 8.25. The minimum absolute atomic E-state index is 0.249. The summed E-state index contributed by atoms with van der Waals surface area (Å²) in [4.78, 5) is 21.5. The first kappa shape index (κ1) is 20.8. The normalized spacial score (nSPS) is 11.3. The van der Waals surface area contributed by atoms with Crippen LogP contribution in [0.5, 0.6) is 5.75 Å². The zero-order chi connectivity index (χ0) is 23.8. The largest absolute Gasteiger partial charge is 0.486 e. The summed E-state index contributed by atoms with van der Waals surface area (Å²) in [6.45, 7) is 0.743. The summed E-state index contributed by atoms with van der Waals surface area (Å²) < 4.78 is 8.05. The van der Waals surface area contributed by atoms with E-state index < -0.39 is 0 Å². The van der Waals surface area contributed by atoms with Crippen LogP contribution in [0.4, 0.5) is 0 Å². The first-order chi connectivity index (χ1) is 17.1. The van der Waals surface area contributed by atoms with Gasteiger partial charge in [0, 0.05) is 12.6 Å². The van der Waals surface area contributed by atoms with Crippen LogP contribution in [0.2, 0.25) is 0 Å². The maximum absolute atomic E-state index is 12.5. The third kappa shape index (κ3) is 4.04. The molecule has 172 valence electrons. The Kier molecular flexibility index (Phi) is 5.07. The number of rotatable bonds is 6. The summed E-state index contributed by atoms with van der Waals surface area (Å²) in [5.41, 5.74) is 3.86. The van der Waals surface area contributed by atoms with Gasteiger partial charge in [0.25, 0.3) is 5.56 Å². The lowest BCUT2D eigenvalue weighted by Crippen LogP contribution is -2.10. The molecule has 0 bridgehead atoms. The lowest BCUT2D eigenvalue weighted by atomic mass is 10.1. The van der Waals surface area contributed by atoms with Gasteiger partial charge < -0.3 is 14.3 Å². The molecule has 0 atom stereocenters. The predicted molar refractivity (Wildman–Crippen MR) is 132 cm³/mol. The number of hydrogen-bond acceptors (Lipinski definition) is 6. The number of fused-ring (bicyclic) bond motifs is 2. The van der Waals surface area contributed by atoms with Crippen LogP contribution in [0.25, 0.3) is 33.3 Å². The quantitative estimate of drug-likeness (QED) is 0.404. The van der Waals surface area contributed by atoms with Crippen LogP contribution in [-0.4, -0.2) is 34.7 Å². The van der Waals surface area contributed by atoms with Crippen LogP contribution in [-0.2, 0) is 20.2 Å². The molecule has 6 aromatic rings. The average molecular weight is 464 g/mol. The van der Waals surface area contributed by atoms with E-state index >= 15 is 0 Å². The van der Waals surface area contributed by atoms with Crippen molar-refractivity contribution in [3.05, 3.63) is 101 Å². The maximum Gasteiger partial charge on any atom is 0.259 e. The molecular formula is C26H21N7O2. The molecule has 3 heterocycles. The number of aryl methyl sites for hydroxylation is 1. The smallest absolute Gasteiger partial charge is 0.259 e. The van der Waals surface area contributed by atoms with E-state index in [1.54, 1.807) is 6.07 Å². The van der Waals surface area contributed by atoms with Crippen molar-refractivity contribution in [1.82, 2.24) is 34.7 Å². The molecule has 0 aliphatic heterocycles. The molecule has 9 nitrogen and oxygen atoms in total. The van der Waals surface area contributed by atoms with Crippen molar-refractivity contribution in [3.8, 4) is 17.1 Å². The van der Waals surface area contributed by atoms with E-state index in [0.717, 1.165) is 39.1 Å². The fourth-order valence-corrected chi connectivity index (χ4v) is 4.10. The van der Waals surface area contributed by atoms with Crippen molar-refractivity contribution in [3.63, 3.8) is 0 Å². The number of hydrogen-bond donors (Lipinski definition) is 1. The molecule has 6 rings (SSSR count). The zero-order valence-electron chi connectivity index (χ0n) is 18.9. The lowest BCUT2D eigenvalue weighted by Gasteiger charge is -2.08. The Morgan fingerprint density at radius 2 is 1.83 bits per heavy atom. The van der Waals surface area contributed by atoms with Crippen molar-refractivity contribution in [1.29, 1.82) is 0 Å². The highest BCUT2D eigenvalue weighted by atomic mass is 16.5. The van der Waals surface area contributed by atoms with Crippen molar-refractivity contribution in [2.75, 3.05) is 0 Å². The number of aromatic nitrogens is 7. The van der Waals surface area contributed by atoms with Gasteiger partial charge in [-0.05, 0) is 52.6 Å². The highest BCUT2D eigenvalue weighted by molar-refractivity contribution is 5.82. The van der Waals surface area contributed by atoms with Gasteiger partial charge in [-0.1, -0.05) is 42.5 Å². The third-order valence-electron chi connectivity index (χ3n) is 5.92. The van der Waals surface area contributed by atoms with Gasteiger partial charge in [-0.25, -0.2) is 4.98 Å². The zero-order valence-corrected chi connectivity index (χ0v) is 18.9. The number of tetrazole rings is 1. The molecule has 0 spiro atoms. The fourth-order valence-electron chi connectivity index (χ4n) is 4.10. The number of nitrogens with zero attached hydrogens (tertiary/aromatic N) is 6. The molecule has 3 aromatic heterocycles. The van der Waals surface area contributed by atoms with Gasteiger partial charge in [0.05, 0.1) is 23.1 Å². The standard InChI is InChI=1S/C26H21N7O2/c1-32-23-12-5-4-11-22(23)27-24(32)16-35-19-9-6-7-17(13-19)15-33-30-25(29-31-33)20-14-18-8-2-3-10-21(18)28-26(20)34/h2-14H,15-16H2,1H3,(H,28,34). The van der Waals surface area contributed by atoms with Crippen molar-refractivity contribution in [2.24, 2.45) is 7.05 Å². The Balaban J connectivity index is 1.19. The number of pyridine rings is 1. The maximum atomic E-state index is 12.5. The monoisotopic (exact) mass is 463 g/mol. The molecule has 1 N–H and O–H groups in total. The summed E-state index contributed by atoms with van der Waals surface area (Å²) in [6.07, 6.45) is 0. The molecule has 0 fully saturated rings. The molecule has 35 heavy (non-hydrogen) atoms. The molecule has 3 aromatic carbocycles. The predicted octanol–water partition coefficient (Wildman–Crippen LogP) is 3.70. The minimum Gasteiger partial charge on any atom is -0.486 e. The average Bonchev–Trinajstić information content (AvgIpc) is 3.47. The summed E-state index contributed by atoms with van der Waals surface area (Å²) in [5.74, 6) is 1.85. The fraction of sp³-hybridized carbons (Fsp3) is 0.115. The van der Waals surface area contributed by atoms with Gasteiger partial charge in [-0.15, -0.1) is 10.2 Å². The highest BCUT2D eigenvalue weighted by Crippen LogP contribution is 2.19. The SMILES string of the molecule is Cn1c(COc2cccc(Cn3nnc(-c4cc5ccccc5[nH]c4=O)n3)c2)nc2ccccc21. The summed E-state index contributed by atoms with van der Waals surface area (Å²) in [6, 6.07) is 25.1.